The molecule has 14 heavy (non-hydrogen) atoms. The van der Waals surface area contributed by atoms with Gasteiger partial charge in [0.2, 0.25) is 0 Å². The average molecular weight is 279 g/mol. The zero-order chi connectivity index (χ0) is 10.2. The molecule has 0 saturated heterocycles. The van der Waals surface area contributed by atoms with Gasteiger partial charge in [0, 0.05) is 18.5 Å². The molecule has 1 heterocycles. The van der Waals surface area contributed by atoms with E-state index < -0.39 is 0 Å². The number of rotatable bonds is 7. The van der Waals surface area contributed by atoms with Crippen molar-refractivity contribution in [3.63, 3.8) is 0 Å². The van der Waals surface area contributed by atoms with Gasteiger partial charge in [0.15, 0.2) is 5.13 Å². The van der Waals surface area contributed by atoms with Gasteiger partial charge >= 0.3 is 0 Å². The van der Waals surface area contributed by atoms with Gasteiger partial charge in [-0.2, -0.15) is 0 Å². The second-order valence-corrected chi connectivity index (χ2v) is 4.71. The fourth-order valence-corrected chi connectivity index (χ4v) is 2.29. The van der Waals surface area contributed by atoms with Crippen molar-refractivity contribution < 1.29 is 5.11 Å². The lowest BCUT2D eigenvalue weighted by atomic mass is 10.2. The van der Waals surface area contributed by atoms with Crippen LogP contribution in [-0.2, 0) is 0 Å². The van der Waals surface area contributed by atoms with E-state index in [0.29, 0.717) is 6.61 Å². The molecule has 0 atom stereocenters. The number of aliphatic hydroxyl groups is 1. The Morgan fingerprint density at radius 2 is 2.14 bits per heavy atom. The van der Waals surface area contributed by atoms with E-state index >= 15 is 0 Å². The van der Waals surface area contributed by atoms with Crippen LogP contribution >= 0.6 is 27.3 Å². The van der Waals surface area contributed by atoms with Crippen molar-refractivity contribution in [2.45, 2.75) is 25.7 Å². The minimum Gasteiger partial charge on any atom is -0.396 e. The summed E-state index contributed by atoms with van der Waals surface area (Å²) in [6, 6.07) is 0. The molecule has 1 aromatic rings. The molecule has 0 spiro atoms. The van der Waals surface area contributed by atoms with Gasteiger partial charge in [-0.25, -0.2) is 4.98 Å². The number of anilines is 1. The maximum absolute atomic E-state index is 8.57. The van der Waals surface area contributed by atoms with Crippen LogP contribution in [0.4, 0.5) is 5.13 Å². The molecule has 0 fully saturated rings. The predicted molar refractivity (Wildman–Crippen MR) is 63.9 cm³/mol. The molecule has 0 aromatic carbocycles. The summed E-state index contributed by atoms with van der Waals surface area (Å²) in [5, 5.41) is 14.8. The van der Waals surface area contributed by atoms with Crippen LogP contribution in [0, 0.1) is 0 Å². The van der Waals surface area contributed by atoms with Gasteiger partial charge in [-0.3, -0.25) is 0 Å². The highest BCUT2D eigenvalue weighted by atomic mass is 79.9. The molecule has 1 rings (SSSR count). The maximum atomic E-state index is 8.57. The molecule has 0 unspecified atom stereocenters. The Hall–Kier alpha value is -0.130. The molecular formula is C9H15BrN2OS. The Balaban J connectivity index is 1.99. The molecule has 0 saturated carbocycles. The van der Waals surface area contributed by atoms with Gasteiger partial charge in [0.25, 0.3) is 0 Å². The summed E-state index contributed by atoms with van der Waals surface area (Å²) in [5.74, 6) is 0. The highest BCUT2D eigenvalue weighted by Crippen LogP contribution is 2.19. The van der Waals surface area contributed by atoms with Crippen molar-refractivity contribution in [3.8, 4) is 0 Å². The molecule has 0 aliphatic rings. The number of halogens is 1. The lowest BCUT2D eigenvalue weighted by molar-refractivity contribution is 0.283. The maximum Gasteiger partial charge on any atom is 0.183 e. The molecule has 1 aromatic heterocycles. The standard InChI is InChI=1S/C9H15BrN2OS/c10-8-7-14-9(12-8)11-5-3-1-2-4-6-13/h7,13H,1-6H2,(H,11,12). The molecule has 0 amide bonds. The number of aliphatic hydroxyl groups excluding tert-OH is 1. The van der Waals surface area contributed by atoms with E-state index in [-0.39, 0.29) is 0 Å². The zero-order valence-corrected chi connectivity index (χ0v) is 10.4. The summed E-state index contributed by atoms with van der Waals surface area (Å²) in [7, 11) is 0. The second-order valence-electron chi connectivity index (χ2n) is 3.04. The van der Waals surface area contributed by atoms with E-state index in [4.69, 9.17) is 5.11 Å². The number of nitrogens with one attached hydrogen (secondary N) is 1. The van der Waals surface area contributed by atoms with Crippen LogP contribution in [0.2, 0.25) is 0 Å². The Labute approximate surface area is 96.7 Å². The van der Waals surface area contributed by atoms with Crippen molar-refractivity contribution in [2.24, 2.45) is 0 Å². The predicted octanol–water partition coefficient (Wildman–Crippen LogP) is 2.87. The van der Waals surface area contributed by atoms with Crippen LogP contribution in [0.1, 0.15) is 25.7 Å². The van der Waals surface area contributed by atoms with Crippen LogP contribution in [0.3, 0.4) is 0 Å². The van der Waals surface area contributed by atoms with E-state index in [0.717, 1.165) is 35.5 Å². The number of thiazole rings is 1. The van der Waals surface area contributed by atoms with Crippen molar-refractivity contribution >= 4 is 32.4 Å². The lowest BCUT2D eigenvalue weighted by Gasteiger charge is -2.01. The van der Waals surface area contributed by atoms with E-state index in [2.05, 4.69) is 26.2 Å². The quantitative estimate of drug-likeness (QED) is 0.754. The minimum atomic E-state index is 0.312. The van der Waals surface area contributed by atoms with Crippen LogP contribution in [-0.4, -0.2) is 23.2 Å². The van der Waals surface area contributed by atoms with Gasteiger partial charge in [-0.1, -0.05) is 12.8 Å². The first kappa shape index (κ1) is 11.9. The fraction of sp³-hybridized carbons (Fsp3) is 0.667. The summed E-state index contributed by atoms with van der Waals surface area (Å²) >= 11 is 4.92. The van der Waals surface area contributed by atoms with Gasteiger partial charge in [-0.05, 0) is 28.8 Å². The van der Waals surface area contributed by atoms with Crippen molar-refractivity contribution in [1.82, 2.24) is 4.98 Å². The summed E-state index contributed by atoms with van der Waals surface area (Å²) in [6.07, 6.45) is 4.33. The molecule has 0 aliphatic carbocycles. The second kappa shape index (κ2) is 7.20. The number of hydrogen-bond donors (Lipinski definition) is 2. The third kappa shape index (κ3) is 4.93. The van der Waals surface area contributed by atoms with Crippen molar-refractivity contribution in [1.29, 1.82) is 0 Å². The molecule has 5 heteroatoms. The number of nitrogens with zero attached hydrogens (tertiary/aromatic N) is 1. The minimum absolute atomic E-state index is 0.312. The Bertz CT molecular complexity index is 255. The lowest BCUT2D eigenvalue weighted by Crippen LogP contribution is -2.00. The molecule has 0 radical (unpaired) electrons. The van der Waals surface area contributed by atoms with E-state index in [1.807, 2.05) is 5.38 Å². The molecule has 80 valence electrons. The van der Waals surface area contributed by atoms with E-state index in [1.165, 1.54) is 6.42 Å². The van der Waals surface area contributed by atoms with Crippen LogP contribution < -0.4 is 5.32 Å². The van der Waals surface area contributed by atoms with Crippen molar-refractivity contribution in [2.75, 3.05) is 18.5 Å². The van der Waals surface area contributed by atoms with Crippen LogP contribution in [0.25, 0.3) is 0 Å². The Morgan fingerprint density at radius 3 is 2.79 bits per heavy atom. The molecule has 3 nitrogen and oxygen atoms in total. The fourth-order valence-electron chi connectivity index (χ4n) is 1.12. The Kier molecular flexibility index (Phi) is 6.14. The average Bonchev–Trinajstić information content (AvgIpc) is 2.58. The van der Waals surface area contributed by atoms with E-state index in [1.54, 1.807) is 11.3 Å². The first-order chi connectivity index (χ1) is 6.83. The normalized spacial score (nSPS) is 10.4. The highest BCUT2D eigenvalue weighted by Gasteiger charge is 1.97. The van der Waals surface area contributed by atoms with Gasteiger partial charge in [0.05, 0.1) is 0 Å². The number of hydrogen-bond acceptors (Lipinski definition) is 4. The van der Waals surface area contributed by atoms with Crippen LogP contribution in [0.5, 0.6) is 0 Å². The molecular weight excluding hydrogens is 264 g/mol. The first-order valence-electron chi connectivity index (χ1n) is 4.78. The zero-order valence-electron chi connectivity index (χ0n) is 8.00. The third-order valence-corrected chi connectivity index (χ3v) is 3.35. The molecule has 2 N–H and O–H groups in total. The Morgan fingerprint density at radius 1 is 1.36 bits per heavy atom. The van der Waals surface area contributed by atoms with Crippen molar-refractivity contribution in [3.05, 3.63) is 9.98 Å². The van der Waals surface area contributed by atoms with Gasteiger partial charge < -0.3 is 10.4 Å². The smallest absolute Gasteiger partial charge is 0.183 e. The first-order valence-corrected chi connectivity index (χ1v) is 6.46. The summed E-state index contributed by atoms with van der Waals surface area (Å²) in [5.41, 5.74) is 0. The summed E-state index contributed by atoms with van der Waals surface area (Å²) in [6.45, 7) is 1.28. The number of unbranched alkanes of at least 4 members (excludes halogenated alkanes) is 3. The number of aromatic nitrogens is 1. The summed E-state index contributed by atoms with van der Waals surface area (Å²) < 4.78 is 0.894. The van der Waals surface area contributed by atoms with Crippen LogP contribution in [0.15, 0.2) is 9.98 Å². The monoisotopic (exact) mass is 278 g/mol. The van der Waals surface area contributed by atoms with E-state index in [9.17, 15) is 0 Å². The molecule has 0 bridgehead atoms. The molecule has 0 aliphatic heterocycles. The summed E-state index contributed by atoms with van der Waals surface area (Å²) in [4.78, 5) is 4.23. The van der Waals surface area contributed by atoms with Gasteiger partial charge in [0.1, 0.15) is 4.60 Å². The largest absolute Gasteiger partial charge is 0.396 e. The SMILES string of the molecule is OCCCCCCNc1nc(Br)cs1. The van der Waals surface area contributed by atoms with Gasteiger partial charge in [-0.15, -0.1) is 11.3 Å². The highest BCUT2D eigenvalue weighted by molar-refractivity contribution is 9.10. The third-order valence-electron chi connectivity index (χ3n) is 1.84. The topological polar surface area (TPSA) is 45.1 Å².